The van der Waals surface area contributed by atoms with Crippen LogP contribution < -0.4 is 11.6 Å². The molecule has 0 bridgehead atoms. The van der Waals surface area contributed by atoms with Gasteiger partial charge in [0, 0.05) is 6.54 Å². The van der Waals surface area contributed by atoms with Crippen molar-refractivity contribution < 1.29 is 36.3 Å². The van der Waals surface area contributed by atoms with E-state index in [9.17, 15) is 16.8 Å². The summed E-state index contributed by atoms with van der Waals surface area (Å²) >= 11 is 0. The van der Waals surface area contributed by atoms with Gasteiger partial charge in [0.1, 0.15) is 5.75 Å². The fourth-order valence-electron chi connectivity index (χ4n) is 0.309. The summed E-state index contributed by atoms with van der Waals surface area (Å²) in [5.41, 5.74) is 4.78. The minimum Gasteiger partial charge on any atom is -0.412 e. The van der Waals surface area contributed by atoms with E-state index in [4.69, 9.17) is 15.4 Å². The Morgan fingerprint density at radius 1 is 1.12 bits per heavy atom. The molecule has 0 atom stereocenters. The maximum Gasteiger partial charge on any atom is 0.285 e. The van der Waals surface area contributed by atoms with Crippen molar-refractivity contribution in [1.29, 1.82) is 0 Å². The fourth-order valence-corrected chi connectivity index (χ4v) is 0.927. The van der Waals surface area contributed by atoms with Crippen LogP contribution in [0.5, 0.6) is 0 Å². The van der Waals surface area contributed by atoms with E-state index >= 15 is 0 Å². The van der Waals surface area contributed by atoms with Crippen molar-refractivity contribution in [3.8, 4) is 0 Å². The monoisotopic (exact) mass is 284 g/mol. The predicted octanol–water partition coefficient (Wildman–Crippen LogP) is -3.79. The Balaban J connectivity index is -0.000000200. The van der Waals surface area contributed by atoms with Gasteiger partial charge in [-0.1, -0.05) is 0 Å². The molecule has 12 heteroatoms. The van der Waals surface area contributed by atoms with Crippen LogP contribution in [0.1, 0.15) is 0 Å². The SMILES string of the molecule is NCCS(=O)(=O)O.NOS(=O)(=O)CCO.O. The molecular formula is C4H16N2O8S2. The second-order valence-corrected chi connectivity index (χ2v) is 5.44. The van der Waals surface area contributed by atoms with Crippen LogP contribution in [0.15, 0.2) is 0 Å². The summed E-state index contributed by atoms with van der Waals surface area (Å²) in [6, 6.07) is 0. The summed E-state index contributed by atoms with van der Waals surface area (Å²) in [5, 5.41) is 8.02. The van der Waals surface area contributed by atoms with Crippen LogP contribution in [0.4, 0.5) is 0 Å². The summed E-state index contributed by atoms with van der Waals surface area (Å²) in [7, 11) is -7.44. The lowest BCUT2D eigenvalue weighted by Crippen LogP contribution is -2.16. The number of rotatable bonds is 5. The van der Waals surface area contributed by atoms with E-state index in [-0.39, 0.29) is 17.8 Å². The summed E-state index contributed by atoms with van der Waals surface area (Å²) in [5.74, 6) is 3.48. The predicted molar refractivity (Wildman–Crippen MR) is 55.2 cm³/mol. The summed E-state index contributed by atoms with van der Waals surface area (Å²) in [6.45, 7) is -0.502. The lowest BCUT2D eigenvalue weighted by molar-refractivity contribution is 0.296. The van der Waals surface area contributed by atoms with Crippen molar-refractivity contribution in [2.75, 3.05) is 24.7 Å². The zero-order chi connectivity index (χ0) is 12.5. The van der Waals surface area contributed by atoms with Gasteiger partial charge in [-0.15, -0.1) is 0 Å². The molecule has 0 aliphatic rings. The number of nitrogens with two attached hydrogens (primary N) is 2. The van der Waals surface area contributed by atoms with Gasteiger partial charge in [-0.25, -0.2) is 0 Å². The Hall–Kier alpha value is -0.340. The molecule has 0 aliphatic carbocycles. The molecule has 0 rings (SSSR count). The fraction of sp³-hybridized carbons (Fsp3) is 1.00. The Labute approximate surface area is 93.3 Å². The van der Waals surface area contributed by atoms with Gasteiger partial charge in [-0.2, -0.15) is 27.0 Å². The summed E-state index contributed by atoms with van der Waals surface area (Å²) < 4.78 is 51.0. The Kier molecular flexibility index (Phi) is 12.9. The van der Waals surface area contributed by atoms with Crippen LogP contribution in [0, 0.1) is 0 Å². The summed E-state index contributed by atoms with van der Waals surface area (Å²) in [4.78, 5) is 0. The zero-order valence-corrected chi connectivity index (χ0v) is 9.87. The highest BCUT2D eigenvalue weighted by atomic mass is 32.2. The summed E-state index contributed by atoms with van der Waals surface area (Å²) in [6.07, 6.45) is 0. The van der Waals surface area contributed by atoms with Crippen molar-refractivity contribution >= 4 is 20.2 Å². The van der Waals surface area contributed by atoms with E-state index in [1.807, 2.05) is 0 Å². The highest BCUT2D eigenvalue weighted by molar-refractivity contribution is 7.86. The quantitative estimate of drug-likeness (QED) is 0.288. The molecule has 0 aliphatic heterocycles. The molecule has 0 saturated carbocycles. The van der Waals surface area contributed by atoms with Crippen LogP contribution in [0.25, 0.3) is 0 Å². The molecule has 10 nitrogen and oxygen atoms in total. The molecule has 0 saturated heterocycles. The van der Waals surface area contributed by atoms with E-state index in [0.29, 0.717) is 0 Å². The van der Waals surface area contributed by atoms with Crippen molar-refractivity contribution in [2.24, 2.45) is 11.6 Å². The average Bonchev–Trinajstić information content (AvgIpc) is 2.03. The van der Waals surface area contributed by atoms with E-state index in [0.717, 1.165) is 0 Å². The van der Waals surface area contributed by atoms with Crippen molar-refractivity contribution in [1.82, 2.24) is 0 Å². The van der Waals surface area contributed by atoms with Crippen LogP contribution >= 0.6 is 0 Å². The molecule has 0 amide bonds. The molecule has 102 valence electrons. The molecule has 0 unspecified atom stereocenters. The number of aliphatic hydroxyl groups is 1. The van der Waals surface area contributed by atoms with Gasteiger partial charge in [0.05, 0.1) is 12.4 Å². The first-order chi connectivity index (χ1) is 6.68. The first kappa shape index (κ1) is 21.0. The molecule has 16 heavy (non-hydrogen) atoms. The van der Waals surface area contributed by atoms with E-state index in [2.05, 4.69) is 10.2 Å². The third-order valence-corrected chi connectivity index (χ3v) is 2.59. The highest BCUT2D eigenvalue weighted by Crippen LogP contribution is 1.83. The lowest BCUT2D eigenvalue weighted by Gasteiger charge is -1.93. The van der Waals surface area contributed by atoms with E-state index in [1.54, 1.807) is 0 Å². The zero-order valence-electron chi connectivity index (χ0n) is 8.24. The van der Waals surface area contributed by atoms with Gasteiger partial charge in [0.25, 0.3) is 20.2 Å². The Bertz CT molecular complexity index is 335. The number of aliphatic hydroxyl groups excluding tert-OH is 1. The third-order valence-electron chi connectivity index (χ3n) is 0.864. The first-order valence-corrected chi connectivity index (χ1v) is 6.74. The second kappa shape index (κ2) is 9.86. The Morgan fingerprint density at radius 2 is 1.56 bits per heavy atom. The lowest BCUT2D eigenvalue weighted by atomic mass is 10.8. The van der Waals surface area contributed by atoms with Crippen molar-refractivity contribution in [3.05, 3.63) is 0 Å². The van der Waals surface area contributed by atoms with Gasteiger partial charge in [-0.05, 0) is 0 Å². The van der Waals surface area contributed by atoms with Gasteiger partial charge < -0.3 is 16.3 Å². The Morgan fingerprint density at radius 3 is 1.62 bits per heavy atom. The highest BCUT2D eigenvalue weighted by Gasteiger charge is 2.05. The van der Waals surface area contributed by atoms with Crippen LogP contribution in [0.3, 0.4) is 0 Å². The molecule has 0 radical (unpaired) electrons. The number of hydrogen-bond acceptors (Lipinski definition) is 8. The standard InChI is InChI=1S/C2H7NO4S.C2H7NO3S.H2O/c3-7-8(5,6)2-1-4;3-1-2-7(4,5)6;/h4H,1-3H2;1-3H2,(H,4,5,6);1H2. The largest absolute Gasteiger partial charge is 0.412 e. The van der Waals surface area contributed by atoms with Crippen LogP contribution in [0.2, 0.25) is 0 Å². The molecule has 8 N–H and O–H groups in total. The average molecular weight is 284 g/mol. The third kappa shape index (κ3) is 19.3. The smallest absolute Gasteiger partial charge is 0.285 e. The minimum absolute atomic E-state index is 0. The molecular weight excluding hydrogens is 268 g/mol. The van der Waals surface area contributed by atoms with Gasteiger partial charge in [0.15, 0.2) is 0 Å². The molecule has 0 aromatic heterocycles. The van der Waals surface area contributed by atoms with Gasteiger partial charge >= 0.3 is 0 Å². The van der Waals surface area contributed by atoms with E-state index < -0.39 is 32.6 Å². The van der Waals surface area contributed by atoms with Gasteiger partial charge in [-0.3, -0.25) is 4.55 Å². The van der Waals surface area contributed by atoms with Gasteiger partial charge in [0.2, 0.25) is 0 Å². The molecule has 0 heterocycles. The molecule has 0 spiro atoms. The molecule has 0 aromatic carbocycles. The van der Waals surface area contributed by atoms with E-state index in [1.165, 1.54) is 0 Å². The number of hydrogen-bond donors (Lipinski definition) is 4. The van der Waals surface area contributed by atoms with Crippen LogP contribution in [-0.2, 0) is 24.5 Å². The first-order valence-electron chi connectivity index (χ1n) is 3.55. The molecule has 0 aromatic rings. The topological polar surface area (TPSA) is 202 Å². The second-order valence-electron chi connectivity index (χ2n) is 2.16. The minimum atomic E-state index is -3.80. The van der Waals surface area contributed by atoms with Crippen molar-refractivity contribution in [3.63, 3.8) is 0 Å². The van der Waals surface area contributed by atoms with Crippen LogP contribution in [-0.4, -0.2) is 56.6 Å². The van der Waals surface area contributed by atoms with Crippen molar-refractivity contribution in [2.45, 2.75) is 0 Å². The maximum absolute atomic E-state index is 10.1. The molecule has 0 fully saturated rings. The maximum atomic E-state index is 10.1. The normalized spacial score (nSPS) is 11.0.